The van der Waals surface area contributed by atoms with Gasteiger partial charge in [0.15, 0.2) is 0 Å². The number of nitrogens with one attached hydrogen (secondary N) is 3. The number of amides is 2. The molecule has 32 heavy (non-hydrogen) atoms. The average molecular weight is 432 g/mol. The third-order valence-electron chi connectivity index (χ3n) is 5.76. The zero-order valence-corrected chi connectivity index (χ0v) is 17.9. The summed E-state index contributed by atoms with van der Waals surface area (Å²) < 4.78 is 1.34. The molecule has 1 aliphatic rings. The van der Waals surface area contributed by atoms with Crippen LogP contribution in [0, 0.1) is 19.8 Å². The maximum Gasteiger partial charge on any atom is 0.330 e. The topological polar surface area (TPSA) is 113 Å². The van der Waals surface area contributed by atoms with Gasteiger partial charge in [0.05, 0.1) is 18.0 Å². The van der Waals surface area contributed by atoms with Gasteiger partial charge in [0.2, 0.25) is 11.8 Å². The van der Waals surface area contributed by atoms with E-state index in [-0.39, 0.29) is 37.0 Å². The van der Waals surface area contributed by atoms with Gasteiger partial charge in [0.25, 0.3) is 5.56 Å². The molecule has 2 heterocycles. The van der Waals surface area contributed by atoms with Crippen molar-refractivity contribution in [2.75, 3.05) is 10.6 Å². The highest BCUT2D eigenvalue weighted by molar-refractivity contribution is 5.99. The summed E-state index contributed by atoms with van der Waals surface area (Å²) >= 11 is 0. The Kier molecular flexibility index (Phi) is 5.77. The van der Waals surface area contributed by atoms with Crippen LogP contribution in [-0.4, -0.2) is 21.4 Å². The first-order valence-electron chi connectivity index (χ1n) is 10.4. The molecule has 2 amide bonds. The van der Waals surface area contributed by atoms with Gasteiger partial charge in [0, 0.05) is 12.1 Å². The number of aryl methyl sites for hydroxylation is 2. The van der Waals surface area contributed by atoms with E-state index in [4.69, 9.17) is 0 Å². The van der Waals surface area contributed by atoms with Crippen LogP contribution < -0.4 is 21.9 Å². The molecule has 1 atom stereocenters. The number of carbonyl (C=O) groups excluding carboxylic acids is 2. The van der Waals surface area contributed by atoms with Crippen LogP contribution in [0.4, 0.5) is 11.5 Å². The predicted molar refractivity (Wildman–Crippen MR) is 122 cm³/mol. The van der Waals surface area contributed by atoms with E-state index in [1.54, 1.807) is 0 Å². The van der Waals surface area contributed by atoms with Gasteiger partial charge >= 0.3 is 5.69 Å². The van der Waals surface area contributed by atoms with E-state index < -0.39 is 17.2 Å². The molecule has 3 N–H and O–H groups in total. The van der Waals surface area contributed by atoms with Crippen molar-refractivity contribution in [3.05, 3.63) is 91.6 Å². The lowest BCUT2D eigenvalue weighted by atomic mass is 9.92. The van der Waals surface area contributed by atoms with Gasteiger partial charge in [-0.15, -0.1) is 0 Å². The smallest absolute Gasteiger partial charge is 0.326 e. The number of nitrogens with zero attached hydrogens (tertiary/aromatic N) is 1. The van der Waals surface area contributed by atoms with Gasteiger partial charge in [-0.05, 0) is 49.1 Å². The normalized spacial score (nSPS) is 15.1. The van der Waals surface area contributed by atoms with Crippen molar-refractivity contribution in [3.8, 4) is 0 Å². The van der Waals surface area contributed by atoms with Crippen molar-refractivity contribution in [3.63, 3.8) is 0 Å². The fourth-order valence-corrected chi connectivity index (χ4v) is 3.84. The number of carbonyl (C=O) groups is 2. The van der Waals surface area contributed by atoms with E-state index in [0.717, 1.165) is 16.7 Å². The number of rotatable bonds is 5. The summed E-state index contributed by atoms with van der Waals surface area (Å²) in [7, 11) is 0. The molecule has 164 valence electrons. The second-order valence-electron chi connectivity index (χ2n) is 8.10. The Morgan fingerprint density at radius 3 is 2.53 bits per heavy atom. The molecule has 0 saturated heterocycles. The molecule has 0 unspecified atom stereocenters. The van der Waals surface area contributed by atoms with Crippen molar-refractivity contribution >= 4 is 23.3 Å². The molecule has 0 radical (unpaired) electrons. The van der Waals surface area contributed by atoms with Crippen LogP contribution in [0.5, 0.6) is 0 Å². The van der Waals surface area contributed by atoms with Gasteiger partial charge in [-0.25, -0.2) is 4.79 Å². The van der Waals surface area contributed by atoms with E-state index in [1.807, 2.05) is 62.4 Å². The molecular formula is C24H24N4O4. The maximum absolute atomic E-state index is 12.8. The number of hydrogen-bond donors (Lipinski definition) is 3. The van der Waals surface area contributed by atoms with Gasteiger partial charge in [-0.2, -0.15) is 0 Å². The van der Waals surface area contributed by atoms with Crippen molar-refractivity contribution in [2.45, 2.75) is 33.2 Å². The van der Waals surface area contributed by atoms with E-state index in [1.165, 1.54) is 4.57 Å². The lowest BCUT2D eigenvalue weighted by molar-refractivity contribution is -0.125. The van der Waals surface area contributed by atoms with E-state index in [0.29, 0.717) is 11.3 Å². The number of benzene rings is 2. The lowest BCUT2D eigenvalue weighted by Gasteiger charge is -2.26. The lowest BCUT2D eigenvalue weighted by Crippen LogP contribution is -2.42. The monoisotopic (exact) mass is 432 g/mol. The summed E-state index contributed by atoms with van der Waals surface area (Å²) in [5, 5.41) is 5.50. The number of aromatic amines is 1. The van der Waals surface area contributed by atoms with Crippen LogP contribution in [0.15, 0.2) is 58.1 Å². The van der Waals surface area contributed by atoms with Crippen molar-refractivity contribution in [2.24, 2.45) is 5.92 Å². The molecule has 0 saturated carbocycles. The SMILES string of the molecule is Cc1ccc(NC(=O)C[C@@H]2Cc3c(n(Cc4ccccc4)c(=O)[nH]c3=O)NC2=O)cc1C. The Labute approximate surface area is 184 Å². The Morgan fingerprint density at radius 1 is 1.06 bits per heavy atom. The van der Waals surface area contributed by atoms with Crippen LogP contribution in [0.25, 0.3) is 0 Å². The molecular weight excluding hydrogens is 408 g/mol. The van der Waals surface area contributed by atoms with Gasteiger partial charge < -0.3 is 10.6 Å². The first-order valence-corrected chi connectivity index (χ1v) is 10.4. The van der Waals surface area contributed by atoms with Crippen LogP contribution in [-0.2, 0) is 22.6 Å². The first-order chi connectivity index (χ1) is 15.3. The minimum absolute atomic E-state index is 0.0740. The second-order valence-corrected chi connectivity index (χ2v) is 8.10. The fourth-order valence-electron chi connectivity index (χ4n) is 3.84. The molecule has 1 aliphatic heterocycles. The largest absolute Gasteiger partial charge is 0.330 e. The third kappa shape index (κ3) is 4.39. The Bertz CT molecular complexity index is 1310. The number of anilines is 2. The summed E-state index contributed by atoms with van der Waals surface area (Å²) in [6.45, 7) is 4.15. The average Bonchev–Trinajstić information content (AvgIpc) is 2.75. The highest BCUT2D eigenvalue weighted by Crippen LogP contribution is 2.25. The maximum atomic E-state index is 12.8. The number of hydrogen-bond acceptors (Lipinski definition) is 4. The Hall–Kier alpha value is -3.94. The fraction of sp³-hybridized carbons (Fsp3) is 0.250. The number of fused-ring (bicyclic) bond motifs is 1. The van der Waals surface area contributed by atoms with E-state index in [2.05, 4.69) is 15.6 Å². The molecule has 1 aromatic heterocycles. The summed E-state index contributed by atoms with van der Waals surface area (Å²) in [4.78, 5) is 52.5. The first kappa shape index (κ1) is 21.3. The van der Waals surface area contributed by atoms with Crippen molar-refractivity contribution < 1.29 is 9.59 Å². The minimum Gasteiger partial charge on any atom is -0.326 e. The molecule has 0 fully saturated rings. The third-order valence-corrected chi connectivity index (χ3v) is 5.76. The molecule has 3 aromatic rings. The highest BCUT2D eigenvalue weighted by atomic mass is 16.2. The van der Waals surface area contributed by atoms with Gasteiger partial charge in [-0.3, -0.25) is 23.9 Å². The summed E-state index contributed by atoms with van der Waals surface area (Å²) in [5.41, 5.74) is 2.83. The zero-order chi connectivity index (χ0) is 22.8. The summed E-state index contributed by atoms with van der Waals surface area (Å²) in [5.74, 6) is -1.22. The quantitative estimate of drug-likeness (QED) is 0.574. The Balaban J connectivity index is 1.55. The molecule has 8 heteroatoms. The minimum atomic E-state index is -0.710. The molecule has 2 aromatic carbocycles. The molecule has 8 nitrogen and oxygen atoms in total. The van der Waals surface area contributed by atoms with E-state index >= 15 is 0 Å². The van der Waals surface area contributed by atoms with Crippen molar-refractivity contribution in [1.82, 2.24) is 9.55 Å². The highest BCUT2D eigenvalue weighted by Gasteiger charge is 2.32. The van der Waals surface area contributed by atoms with Crippen LogP contribution in [0.3, 0.4) is 0 Å². The van der Waals surface area contributed by atoms with Crippen molar-refractivity contribution in [1.29, 1.82) is 0 Å². The standard InChI is InChI=1S/C24H24N4O4/c1-14-8-9-18(10-15(14)2)25-20(29)12-17-11-19-21(26-22(17)30)28(24(32)27-23(19)31)13-16-6-4-3-5-7-16/h3-10,17H,11-13H2,1-2H3,(H,25,29)(H,26,30)(H,27,31,32)/t17-/m0/s1. The van der Waals surface area contributed by atoms with Crippen LogP contribution in [0.2, 0.25) is 0 Å². The van der Waals surface area contributed by atoms with Crippen LogP contribution in [0.1, 0.15) is 28.7 Å². The van der Waals surface area contributed by atoms with Gasteiger partial charge in [-0.1, -0.05) is 36.4 Å². The second kappa shape index (κ2) is 8.66. The zero-order valence-electron chi connectivity index (χ0n) is 17.9. The molecule has 4 rings (SSSR count). The van der Waals surface area contributed by atoms with Crippen LogP contribution >= 0.6 is 0 Å². The summed E-state index contributed by atoms with van der Waals surface area (Å²) in [6, 6.07) is 14.9. The number of aromatic nitrogens is 2. The van der Waals surface area contributed by atoms with Gasteiger partial charge in [0.1, 0.15) is 5.82 Å². The molecule has 0 bridgehead atoms. The Morgan fingerprint density at radius 2 is 1.81 bits per heavy atom. The summed E-state index contributed by atoms with van der Waals surface area (Å²) in [6.07, 6.45) is 0.00135. The molecule has 0 spiro atoms. The predicted octanol–water partition coefficient (Wildman–Crippen LogP) is 2.34. The number of H-pyrrole nitrogens is 1. The van der Waals surface area contributed by atoms with E-state index in [9.17, 15) is 19.2 Å². The molecule has 0 aliphatic carbocycles.